The number of rotatable bonds is 7. The highest BCUT2D eigenvalue weighted by Crippen LogP contribution is 2.37. The Morgan fingerprint density at radius 3 is 2.58 bits per heavy atom. The summed E-state index contributed by atoms with van der Waals surface area (Å²) < 4.78 is 12.8. The normalized spacial score (nSPS) is 10.2. The molecule has 0 aliphatic rings. The van der Waals surface area contributed by atoms with E-state index in [0.717, 1.165) is 19.6 Å². The Balaban J connectivity index is 2.70. The lowest BCUT2D eigenvalue weighted by Crippen LogP contribution is -2.00. The Morgan fingerprint density at radius 2 is 2.00 bits per heavy atom. The molecule has 1 aromatic carbocycles. The van der Waals surface area contributed by atoms with E-state index in [9.17, 15) is 0 Å². The zero-order chi connectivity index (χ0) is 14.3. The fourth-order valence-corrected chi connectivity index (χ4v) is 2.61. The topological polar surface area (TPSA) is 18.5 Å². The molecule has 2 nitrogen and oxygen atoms in total. The largest absolute Gasteiger partial charge is 0.491 e. The maximum Gasteiger partial charge on any atom is 0.152 e. The second-order valence-electron chi connectivity index (χ2n) is 3.41. The first-order chi connectivity index (χ1) is 9.04. The Labute approximate surface area is 151 Å². The van der Waals surface area contributed by atoms with Gasteiger partial charge < -0.3 is 9.47 Å². The fraction of sp³-hybridized carbons (Fsp3) is 0.333. The SMILES string of the molecule is Clc1cc(OCC=C(Br)Br)cc(Br)c1OCCCBr. The smallest absolute Gasteiger partial charge is 0.152 e. The van der Waals surface area contributed by atoms with Crippen molar-refractivity contribution in [3.63, 3.8) is 0 Å². The van der Waals surface area contributed by atoms with E-state index in [1.807, 2.05) is 12.1 Å². The standard InChI is InChI=1S/C12H11Br4ClO2/c13-3-1-4-19-12-9(14)6-8(7-10(12)17)18-5-2-11(15)16/h2,6-7H,1,3-5H2. The second kappa shape index (κ2) is 9.66. The molecule has 0 amide bonds. The van der Waals surface area contributed by atoms with Crippen LogP contribution in [0.3, 0.4) is 0 Å². The van der Waals surface area contributed by atoms with Crippen LogP contribution in [0.5, 0.6) is 11.5 Å². The number of benzene rings is 1. The van der Waals surface area contributed by atoms with Gasteiger partial charge in [0.15, 0.2) is 5.75 Å². The van der Waals surface area contributed by atoms with Crippen LogP contribution in [-0.4, -0.2) is 18.5 Å². The Hall–Kier alpha value is 0.770. The second-order valence-corrected chi connectivity index (χ2v) is 8.24. The molecule has 0 saturated carbocycles. The van der Waals surface area contributed by atoms with E-state index in [4.69, 9.17) is 21.1 Å². The minimum absolute atomic E-state index is 0.443. The molecule has 0 N–H and O–H groups in total. The summed E-state index contributed by atoms with van der Waals surface area (Å²) in [5.41, 5.74) is 0. The molecule has 0 atom stereocenters. The summed E-state index contributed by atoms with van der Waals surface area (Å²) in [7, 11) is 0. The highest BCUT2D eigenvalue weighted by molar-refractivity contribution is 9.28. The van der Waals surface area contributed by atoms with Crippen LogP contribution in [0.1, 0.15) is 6.42 Å². The summed E-state index contributed by atoms with van der Waals surface area (Å²) in [6, 6.07) is 3.58. The molecule has 1 rings (SSSR count). The van der Waals surface area contributed by atoms with Gasteiger partial charge in [-0.1, -0.05) is 27.5 Å². The lowest BCUT2D eigenvalue weighted by Gasteiger charge is -2.12. The molecule has 0 radical (unpaired) electrons. The van der Waals surface area contributed by atoms with Gasteiger partial charge in [-0.25, -0.2) is 0 Å². The summed E-state index contributed by atoms with van der Waals surface area (Å²) in [6.45, 7) is 1.06. The molecule has 0 spiro atoms. The van der Waals surface area contributed by atoms with Crippen molar-refractivity contribution in [3.8, 4) is 11.5 Å². The third-order valence-corrected chi connectivity index (χ3v) is 4.06. The van der Waals surface area contributed by atoms with E-state index in [2.05, 4.69) is 63.7 Å². The van der Waals surface area contributed by atoms with Gasteiger partial charge in [0.2, 0.25) is 0 Å². The van der Waals surface area contributed by atoms with Gasteiger partial charge in [0, 0.05) is 11.4 Å². The third kappa shape index (κ3) is 6.85. The Bertz CT molecular complexity index is 424. The average molecular weight is 542 g/mol. The number of halogens is 5. The molecule has 0 unspecified atom stereocenters. The van der Waals surface area contributed by atoms with Crippen LogP contribution >= 0.6 is 75.3 Å². The maximum atomic E-state index is 6.17. The Morgan fingerprint density at radius 1 is 1.26 bits per heavy atom. The van der Waals surface area contributed by atoms with E-state index < -0.39 is 0 Å². The predicted molar refractivity (Wildman–Crippen MR) is 94.5 cm³/mol. The highest BCUT2D eigenvalue weighted by Gasteiger charge is 2.10. The van der Waals surface area contributed by atoms with Gasteiger partial charge in [0.05, 0.1) is 19.5 Å². The number of hydrogen-bond acceptors (Lipinski definition) is 2. The highest BCUT2D eigenvalue weighted by atomic mass is 79.9. The summed E-state index contributed by atoms with van der Waals surface area (Å²) in [5.74, 6) is 1.33. The van der Waals surface area contributed by atoms with Crippen molar-refractivity contribution in [2.75, 3.05) is 18.5 Å². The molecule has 0 saturated heterocycles. The Kier molecular flexibility index (Phi) is 9.06. The minimum atomic E-state index is 0.443. The van der Waals surface area contributed by atoms with Crippen LogP contribution in [0.2, 0.25) is 5.02 Å². The van der Waals surface area contributed by atoms with E-state index >= 15 is 0 Å². The molecule has 0 aromatic heterocycles. The van der Waals surface area contributed by atoms with Gasteiger partial charge in [-0.2, -0.15) is 0 Å². The molecule has 0 aliphatic heterocycles. The van der Waals surface area contributed by atoms with Crippen LogP contribution in [0.15, 0.2) is 26.1 Å². The average Bonchev–Trinajstić information content (AvgIpc) is 2.32. The first-order valence-electron chi connectivity index (χ1n) is 5.36. The van der Waals surface area contributed by atoms with Gasteiger partial charge >= 0.3 is 0 Å². The molecule has 1 aromatic rings. The monoisotopic (exact) mass is 538 g/mol. The van der Waals surface area contributed by atoms with Crippen LogP contribution in [0.25, 0.3) is 0 Å². The number of ether oxygens (including phenoxy) is 2. The van der Waals surface area contributed by atoms with Crippen LogP contribution in [-0.2, 0) is 0 Å². The van der Waals surface area contributed by atoms with Gasteiger partial charge in [-0.15, -0.1) is 0 Å². The summed E-state index contributed by atoms with van der Waals surface area (Å²) in [6.07, 6.45) is 2.77. The number of hydrogen-bond donors (Lipinski definition) is 0. The van der Waals surface area contributed by atoms with E-state index in [-0.39, 0.29) is 0 Å². The third-order valence-electron chi connectivity index (χ3n) is 1.98. The zero-order valence-corrected chi connectivity index (χ0v) is 16.9. The van der Waals surface area contributed by atoms with Crippen LogP contribution in [0, 0.1) is 0 Å². The summed E-state index contributed by atoms with van der Waals surface area (Å²) in [4.78, 5) is 0. The first-order valence-corrected chi connectivity index (χ1v) is 9.24. The van der Waals surface area contributed by atoms with Crippen molar-refractivity contribution in [1.82, 2.24) is 0 Å². The lowest BCUT2D eigenvalue weighted by molar-refractivity contribution is 0.315. The van der Waals surface area contributed by atoms with Gasteiger partial charge in [-0.05, 0) is 66.4 Å². The molecular weight excluding hydrogens is 531 g/mol. The zero-order valence-electron chi connectivity index (χ0n) is 9.77. The predicted octanol–water partition coefficient (Wildman–Crippen LogP) is 6.28. The summed E-state index contributed by atoms with van der Waals surface area (Å²) >= 11 is 19.5. The molecule has 19 heavy (non-hydrogen) atoms. The van der Waals surface area contributed by atoms with Crippen molar-refractivity contribution in [1.29, 1.82) is 0 Å². The van der Waals surface area contributed by atoms with Crippen molar-refractivity contribution >= 4 is 75.3 Å². The van der Waals surface area contributed by atoms with Crippen LogP contribution < -0.4 is 9.47 Å². The maximum absolute atomic E-state index is 6.17. The van der Waals surface area contributed by atoms with Gasteiger partial charge in [-0.3, -0.25) is 0 Å². The van der Waals surface area contributed by atoms with Gasteiger partial charge in [0.25, 0.3) is 0 Å². The molecule has 0 aliphatic carbocycles. The lowest BCUT2D eigenvalue weighted by atomic mass is 10.3. The van der Waals surface area contributed by atoms with Gasteiger partial charge in [0.1, 0.15) is 12.4 Å². The molecular formula is C12H11Br4ClO2. The molecule has 106 valence electrons. The first kappa shape index (κ1) is 17.8. The quantitative estimate of drug-likeness (QED) is 0.299. The van der Waals surface area contributed by atoms with E-state index in [1.165, 1.54) is 0 Å². The molecule has 7 heteroatoms. The minimum Gasteiger partial charge on any atom is -0.491 e. The molecule has 0 fully saturated rings. The molecule has 0 bridgehead atoms. The van der Waals surface area contributed by atoms with E-state index in [1.54, 1.807) is 6.07 Å². The number of alkyl halides is 1. The van der Waals surface area contributed by atoms with E-state index in [0.29, 0.717) is 29.7 Å². The van der Waals surface area contributed by atoms with Crippen molar-refractivity contribution < 1.29 is 9.47 Å². The van der Waals surface area contributed by atoms with Crippen LogP contribution in [0.4, 0.5) is 0 Å². The molecule has 0 heterocycles. The van der Waals surface area contributed by atoms with Crippen molar-refractivity contribution in [2.24, 2.45) is 0 Å². The summed E-state index contributed by atoms with van der Waals surface area (Å²) in [5, 5.41) is 1.43. The fourth-order valence-electron chi connectivity index (χ4n) is 1.19. The van der Waals surface area contributed by atoms with Crippen molar-refractivity contribution in [2.45, 2.75) is 6.42 Å². The van der Waals surface area contributed by atoms with Crippen molar-refractivity contribution in [3.05, 3.63) is 31.1 Å².